The summed E-state index contributed by atoms with van der Waals surface area (Å²) in [6.45, 7) is 0.142. The Balaban J connectivity index is 1.62. The normalized spacial score (nSPS) is 20.4. The van der Waals surface area contributed by atoms with Crippen molar-refractivity contribution in [3.8, 4) is 17.0 Å². The van der Waals surface area contributed by atoms with E-state index in [0.29, 0.717) is 29.9 Å². The van der Waals surface area contributed by atoms with Gasteiger partial charge in [0.15, 0.2) is 0 Å². The van der Waals surface area contributed by atoms with Gasteiger partial charge in [0.2, 0.25) is 0 Å². The largest absolute Gasteiger partial charge is 0.573 e. The maximum Gasteiger partial charge on any atom is 0.573 e. The first-order valence-corrected chi connectivity index (χ1v) is 9.37. The van der Waals surface area contributed by atoms with Crippen molar-refractivity contribution in [1.82, 2.24) is 5.16 Å². The van der Waals surface area contributed by atoms with E-state index in [1.165, 1.54) is 18.2 Å². The highest BCUT2D eigenvalue weighted by Crippen LogP contribution is 2.45. The summed E-state index contributed by atoms with van der Waals surface area (Å²) in [7, 11) is 0. The Morgan fingerprint density at radius 2 is 1.96 bits per heavy atom. The quantitative estimate of drug-likeness (QED) is 0.677. The van der Waals surface area contributed by atoms with Crippen LogP contribution in [0.1, 0.15) is 55.8 Å². The van der Waals surface area contributed by atoms with Crippen molar-refractivity contribution in [1.29, 1.82) is 0 Å². The van der Waals surface area contributed by atoms with Crippen LogP contribution in [-0.4, -0.2) is 23.4 Å². The summed E-state index contributed by atoms with van der Waals surface area (Å²) in [5.74, 6) is 0.704. The van der Waals surface area contributed by atoms with Crippen LogP contribution in [0.2, 0.25) is 0 Å². The number of carbonyl (C=O) groups is 1. The Kier molecular flexibility index (Phi) is 5.14. The molecule has 1 heterocycles. The number of rotatable bonds is 6. The predicted molar refractivity (Wildman–Crippen MR) is 92.6 cm³/mol. The molecule has 4 rings (SSSR count). The van der Waals surface area contributed by atoms with Crippen LogP contribution in [0, 0.1) is 0 Å². The van der Waals surface area contributed by atoms with Gasteiger partial charge in [-0.1, -0.05) is 17.3 Å². The molecule has 1 aromatic heterocycles. The molecule has 2 saturated carbocycles. The smallest absolute Gasteiger partial charge is 0.405 e. The number of Topliss-reactive ketones (excluding diaryl/α,β-unsaturated/α-hetero) is 1. The van der Waals surface area contributed by atoms with Gasteiger partial charge in [-0.15, -0.1) is 13.2 Å². The Bertz CT molecular complexity index is 857. The molecule has 0 radical (unpaired) electrons. The van der Waals surface area contributed by atoms with Gasteiger partial charge in [-0.3, -0.25) is 4.79 Å². The Morgan fingerprint density at radius 1 is 1.18 bits per heavy atom. The van der Waals surface area contributed by atoms with E-state index in [1.54, 1.807) is 6.07 Å². The fourth-order valence-electron chi connectivity index (χ4n) is 3.54. The van der Waals surface area contributed by atoms with Crippen LogP contribution in [0.4, 0.5) is 13.2 Å². The summed E-state index contributed by atoms with van der Waals surface area (Å²) in [5, 5.41) is 4.05. The number of para-hydroxylation sites is 1. The molecule has 1 atom stereocenters. The average molecular weight is 395 g/mol. The molecule has 0 amide bonds. The first-order chi connectivity index (χ1) is 13.4. The third-order valence-corrected chi connectivity index (χ3v) is 5.03. The van der Waals surface area contributed by atoms with Crippen molar-refractivity contribution in [2.45, 2.75) is 63.5 Å². The van der Waals surface area contributed by atoms with Gasteiger partial charge in [-0.25, -0.2) is 0 Å². The van der Waals surface area contributed by atoms with E-state index in [-0.39, 0.29) is 35.7 Å². The highest BCUT2D eigenvalue weighted by molar-refractivity contribution is 5.79. The second-order valence-electron chi connectivity index (χ2n) is 7.26. The number of hydrogen-bond acceptors (Lipinski definition) is 5. The number of nitrogens with zero attached hydrogens (tertiary/aromatic N) is 1. The van der Waals surface area contributed by atoms with Crippen LogP contribution < -0.4 is 4.74 Å². The molecule has 5 nitrogen and oxygen atoms in total. The molecule has 0 unspecified atom stereocenters. The third-order valence-electron chi connectivity index (χ3n) is 5.03. The van der Waals surface area contributed by atoms with E-state index >= 15 is 0 Å². The zero-order valence-corrected chi connectivity index (χ0v) is 15.1. The van der Waals surface area contributed by atoms with Crippen molar-refractivity contribution in [3.63, 3.8) is 0 Å². The minimum Gasteiger partial charge on any atom is -0.405 e. The second-order valence-corrected chi connectivity index (χ2v) is 7.26. The Morgan fingerprint density at radius 3 is 2.68 bits per heavy atom. The molecule has 8 heteroatoms. The van der Waals surface area contributed by atoms with Crippen molar-refractivity contribution < 1.29 is 32.0 Å². The predicted octanol–water partition coefficient (Wildman–Crippen LogP) is 5.15. The van der Waals surface area contributed by atoms with E-state index < -0.39 is 6.36 Å². The number of halogens is 3. The highest BCUT2D eigenvalue weighted by atomic mass is 19.4. The molecule has 150 valence electrons. The summed E-state index contributed by atoms with van der Waals surface area (Å²) < 4.78 is 53.9. The molecule has 0 aliphatic heterocycles. The molecule has 2 aliphatic carbocycles. The second kappa shape index (κ2) is 7.58. The lowest BCUT2D eigenvalue weighted by Gasteiger charge is -2.21. The van der Waals surface area contributed by atoms with E-state index in [4.69, 9.17) is 9.26 Å². The van der Waals surface area contributed by atoms with E-state index in [0.717, 1.165) is 25.7 Å². The molecule has 0 N–H and O–H groups in total. The fourth-order valence-corrected chi connectivity index (χ4v) is 3.54. The van der Waals surface area contributed by atoms with E-state index in [2.05, 4.69) is 9.89 Å². The lowest BCUT2D eigenvalue weighted by molar-refractivity contribution is -0.274. The molecule has 28 heavy (non-hydrogen) atoms. The van der Waals surface area contributed by atoms with Crippen LogP contribution in [0.3, 0.4) is 0 Å². The maximum atomic E-state index is 12.8. The van der Waals surface area contributed by atoms with Crippen LogP contribution in [0.5, 0.6) is 5.75 Å². The minimum absolute atomic E-state index is 0.142. The summed E-state index contributed by atoms with van der Waals surface area (Å²) in [4.78, 5) is 11.7. The zero-order chi connectivity index (χ0) is 19.7. The van der Waals surface area contributed by atoms with E-state index in [1.807, 2.05) is 0 Å². The van der Waals surface area contributed by atoms with Crippen molar-refractivity contribution in [3.05, 3.63) is 35.6 Å². The van der Waals surface area contributed by atoms with Crippen molar-refractivity contribution >= 4 is 5.78 Å². The third kappa shape index (κ3) is 4.38. The van der Waals surface area contributed by atoms with Gasteiger partial charge in [0.05, 0.1) is 12.7 Å². The molecule has 2 aliphatic rings. The number of aromatic nitrogens is 1. The molecule has 1 aromatic carbocycles. The summed E-state index contributed by atoms with van der Waals surface area (Å²) >= 11 is 0. The first-order valence-electron chi connectivity index (χ1n) is 9.37. The maximum absolute atomic E-state index is 12.8. The summed E-state index contributed by atoms with van der Waals surface area (Å²) in [6.07, 6.45) is -0.567. The molecule has 0 bridgehead atoms. The van der Waals surface area contributed by atoms with Crippen molar-refractivity contribution in [2.75, 3.05) is 0 Å². The van der Waals surface area contributed by atoms with Crippen LogP contribution in [0.25, 0.3) is 11.3 Å². The number of ketones is 1. The van der Waals surface area contributed by atoms with Crippen molar-refractivity contribution in [2.24, 2.45) is 0 Å². The Hall–Kier alpha value is -2.35. The van der Waals surface area contributed by atoms with Gasteiger partial charge in [-0.2, -0.15) is 0 Å². The van der Waals surface area contributed by atoms with Gasteiger partial charge in [0.1, 0.15) is 23.0 Å². The molecular weight excluding hydrogens is 375 g/mol. The van der Waals surface area contributed by atoms with Gasteiger partial charge in [0.25, 0.3) is 0 Å². The SMILES string of the molecule is O=C1CCC[C@H](OCc2c(-c3ccccc3OC(F)(F)F)noc2C2CC2)C1. The van der Waals surface area contributed by atoms with Gasteiger partial charge in [0, 0.05) is 29.9 Å². The molecule has 0 saturated heterocycles. The monoisotopic (exact) mass is 395 g/mol. The van der Waals surface area contributed by atoms with Crippen LogP contribution >= 0.6 is 0 Å². The molecule has 2 aromatic rings. The van der Waals surface area contributed by atoms with E-state index in [9.17, 15) is 18.0 Å². The standard InChI is InChI=1S/C20H20F3NO4/c21-20(22,23)27-17-7-2-1-6-15(17)18-16(19(28-24-18)12-8-9-12)11-26-14-5-3-4-13(25)10-14/h1-2,6-7,12,14H,3-5,8-11H2/t14-/m0/s1. The zero-order valence-electron chi connectivity index (χ0n) is 15.1. The number of benzene rings is 1. The summed E-state index contributed by atoms with van der Waals surface area (Å²) in [6, 6.07) is 5.85. The fraction of sp³-hybridized carbons (Fsp3) is 0.500. The first kappa shape index (κ1) is 19.0. The van der Waals surface area contributed by atoms with Gasteiger partial charge < -0.3 is 14.0 Å². The van der Waals surface area contributed by atoms with Crippen LogP contribution in [0.15, 0.2) is 28.8 Å². The topological polar surface area (TPSA) is 61.6 Å². The molecule has 0 spiro atoms. The highest BCUT2D eigenvalue weighted by Gasteiger charge is 2.36. The van der Waals surface area contributed by atoms with Gasteiger partial charge >= 0.3 is 6.36 Å². The molecular formula is C20H20F3NO4. The number of alkyl halides is 3. The lowest BCUT2D eigenvalue weighted by atomic mass is 9.96. The molecule has 2 fully saturated rings. The number of ether oxygens (including phenoxy) is 2. The summed E-state index contributed by atoms with van der Waals surface area (Å²) in [5.41, 5.74) is 1.14. The lowest BCUT2D eigenvalue weighted by Crippen LogP contribution is -2.22. The Labute approximate surface area is 159 Å². The van der Waals surface area contributed by atoms with Gasteiger partial charge in [-0.05, 0) is 37.8 Å². The average Bonchev–Trinajstić information content (AvgIpc) is 3.39. The minimum atomic E-state index is -4.81. The number of carbonyl (C=O) groups excluding carboxylic acids is 1. The van der Waals surface area contributed by atoms with Crippen LogP contribution in [-0.2, 0) is 16.1 Å². The number of hydrogen-bond donors (Lipinski definition) is 0.